The first kappa shape index (κ1) is 22.3. The van der Waals surface area contributed by atoms with Crippen molar-refractivity contribution in [3.05, 3.63) is 35.6 Å². The molecule has 2 aliphatic carbocycles. The Kier molecular flexibility index (Phi) is 7.40. The normalized spacial score (nSPS) is 23.6. The van der Waals surface area contributed by atoms with Crippen LogP contribution in [0.25, 0.3) is 0 Å². The molecule has 0 spiro atoms. The topological polar surface area (TPSA) is 56.7 Å². The van der Waals surface area contributed by atoms with Crippen molar-refractivity contribution in [2.75, 3.05) is 26.7 Å². The van der Waals surface area contributed by atoms with Crippen molar-refractivity contribution in [2.45, 2.75) is 56.4 Å². The fraction of sp³-hybridized carbons (Fsp3) is 0.636. The van der Waals surface area contributed by atoms with Gasteiger partial charge in [-0.1, -0.05) is 25.0 Å². The van der Waals surface area contributed by atoms with Crippen molar-refractivity contribution < 1.29 is 9.18 Å². The standard InChI is InChI=1S/C22H31FN4O.HI/c1-24-21(25-15-22(11-12-22)17-6-8-18(23)9-7-17)26-19-10-13-27(14-19)20(28)16-4-2-3-5-16;/h6-9,16,19H,2-5,10-15H2,1H3,(H2,24,25,26);1H. The third kappa shape index (κ3) is 5.22. The Morgan fingerprint density at radius 3 is 2.52 bits per heavy atom. The fourth-order valence-corrected chi connectivity index (χ4v) is 4.67. The van der Waals surface area contributed by atoms with Gasteiger partial charge in [-0.3, -0.25) is 9.79 Å². The predicted octanol–water partition coefficient (Wildman–Crippen LogP) is 3.43. The van der Waals surface area contributed by atoms with Gasteiger partial charge in [-0.15, -0.1) is 24.0 Å². The summed E-state index contributed by atoms with van der Waals surface area (Å²) < 4.78 is 13.2. The number of amides is 1. The summed E-state index contributed by atoms with van der Waals surface area (Å²) in [6, 6.07) is 7.11. The smallest absolute Gasteiger partial charge is 0.225 e. The van der Waals surface area contributed by atoms with E-state index in [1.165, 1.54) is 30.5 Å². The number of hydrogen-bond acceptors (Lipinski definition) is 2. The van der Waals surface area contributed by atoms with E-state index < -0.39 is 0 Å². The Balaban J connectivity index is 0.00000240. The maximum Gasteiger partial charge on any atom is 0.225 e. The Morgan fingerprint density at radius 2 is 1.90 bits per heavy atom. The first-order chi connectivity index (χ1) is 13.6. The van der Waals surface area contributed by atoms with Gasteiger partial charge in [0.05, 0.1) is 0 Å². The van der Waals surface area contributed by atoms with E-state index in [4.69, 9.17) is 0 Å². The molecule has 0 bridgehead atoms. The third-order valence-electron chi connectivity index (χ3n) is 6.67. The number of guanidine groups is 1. The van der Waals surface area contributed by atoms with Crippen LogP contribution in [0.3, 0.4) is 0 Å². The molecule has 1 atom stereocenters. The van der Waals surface area contributed by atoms with Crippen LogP contribution in [0.2, 0.25) is 0 Å². The number of likely N-dealkylation sites (tertiary alicyclic amines) is 1. The molecule has 1 amide bonds. The summed E-state index contributed by atoms with van der Waals surface area (Å²) in [6.45, 7) is 2.39. The maximum absolute atomic E-state index is 13.2. The minimum Gasteiger partial charge on any atom is -0.356 e. The first-order valence-corrected chi connectivity index (χ1v) is 10.6. The maximum atomic E-state index is 13.2. The van der Waals surface area contributed by atoms with Gasteiger partial charge in [-0.25, -0.2) is 4.39 Å². The van der Waals surface area contributed by atoms with Gasteiger partial charge < -0.3 is 15.5 Å². The number of carbonyl (C=O) groups is 1. The molecule has 2 N–H and O–H groups in total. The molecular formula is C22H32FIN4O. The predicted molar refractivity (Wildman–Crippen MR) is 124 cm³/mol. The van der Waals surface area contributed by atoms with E-state index in [1.807, 2.05) is 17.0 Å². The number of rotatable bonds is 5. The average molecular weight is 514 g/mol. The van der Waals surface area contributed by atoms with E-state index in [0.29, 0.717) is 5.91 Å². The summed E-state index contributed by atoms with van der Waals surface area (Å²) >= 11 is 0. The summed E-state index contributed by atoms with van der Waals surface area (Å²) in [7, 11) is 1.78. The van der Waals surface area contributed by atoms with Crippen LogP contribution in [0.5, 0.6) is 0 Å². The van der Waals surface area contributed by atoms with Crippen molar-refractivity contribution in [1.29, 1.82) is 0 Å². The van der Waals surface area contributed by atoms with E-state index >= 15 is 0 Å². The SMILES string of the molecule is CN=C(NCC1(c2ccc(F)cc2)CC1)NC1CCN(C(=O)C2CCCC2)C1.I. The second-order valence-corrected chi connectivity index (χ2v) is 8.61. The summed E-state index contributed by atoms with van der Waals surface area (Å²) in [6.07, 6.45) is 7.68. The molecule has 2 saturated carbocycles. The Bertz CT molecular complexity index is 729. The number of halogens is 2. The molecule has 4 rings (SSSR count). The highest BCUT2D eigenvalue weighted by Gasteiger charge is 2.44. The quantitative estimate of drug-likeness (QED) is 0.360. The molecule has 1 aromatic carbocycles. The van der Waals surface area contributed by atoms with Gasteiger partial charge in [0.1, 0.15) is 5.82 Å². The van der Waals surface area contributed by atoms with Crippen LogP contribution in [0.4, 0.5) is 4.39 Å². The molecule has 0 radical (unpaired) electrons. The lowest BCUT2D eigenvalue weighted by Crippen LogP contribution is -2.47. The van der Waals surface area contributed by atoms with Gasteiger partial charge in [-0.05, 0) is 49.8 Å². The lowest BCUT2D eigenvalue weighted by molar-refractivity contribution is -0.134. The number of nitrogens with one attached hydrogen (secondary N) is 2. The van der Waals surface area contributed by atoms with Crippen LogP contribution in [0, 0.1) is 11.7 Å². The molecule has 1 aromatic rings. The summed E-state index contributed by atoms with van der Waals surface area (Å²) in [5, 5.41) is 6.94. The van der Waals surface area contributed by atoms with Crippen molar-refractivity contribution in [3.8, 4) is 0 Å². The molecular weight excluding hydrogens is 482 g/mol. The highest BCUT2D eigenvalue weighted by molar-refractivity contribution is 14.0. The zero-order valence-corrected chi connectivity index (χ0v) is 19.5. The average Bonchev–Trinajstić information content (AvgIpc) is 3.11. The zero-order valence-electron chi connectivity index (χ0n) is 17.1. The second kappa shape index (κ2) is 9.62. The third-order valence-corrected chi connectivity index (χ3v) is 6.67. The fourth-order valence-electron chi connectivity index (χ4n) is 4.67. The van der Waals surface area contributed by atoms with Gasteiger partial charge in [0.25, 0.3) is 0 Å². The molecule has 1 saturated heterocycles. The van der Waals surface area contributed by atoms with Crippen LogP contribution in [0.1, 0.15) is 50.5 Å². The van der Waals surface area contributed by atoms with Crippen molar-refractivity contribution >= 4 is 35.8 Å². The lowest BCUT2D eigenvalue weighted by atomic mass is 9.96. The first-order valence-electron chi connectivity index (χ1n) is 10.6. The van der Waals surface area contributed by atoms with E-state index in [1.54, 1.807) is 7.05 Å². The minimum absolute atomic E-state index is 0. The van der Waals surface area contributed by atoms with Gasteiger partial charge in [0, 0.05) is 44.1 Å². The van der Waals surface area contributed by atoms with Gasteiger partial charge in [-0.2, -0.15) is 0 Å². The van der Waals surface area contributed by atoms with Crippen LogP contribution < -0.4 is 10.6 Å². The number of aliphatic imine (C=N–C) groups is 1. The molecule has 5 nitrogen and oxygen atoms in total. The Hall–Kier alpha value is -1.38. The van der Waals surface area contributed by atoms with E-state index in [-0.39, 0.29) is 47.2 Å². The Morgan fingerprint density at radius 1 is 1.21 bits per heavy atom. The summed E-state index contributed by atoms with van der Waals surface area (Å²) in [5.41, 5.74) is 1.27. The van der Waals surface area contributed by atoms with Gasteiger partial charge in [0.15, 0.2) is 5.96 Å². The Labute approximate surface area is 189 Å². The highest BCUT2D eigenvalue weighted by atomic mass is 127. The van der Waals surface area contributed by atoms with Crippen LogP contribution in [0.15, 0.2) is 29.3 Å². The second-order valence-electron chi connectivity index (χ2n) is 8.61. The van der Waals surface area contributed by atoms with Crippen molar-refractivity contribution in [3.63, 3.8) is 0 Å². The summed E-state index contributed by atoms with van der Waals surface area (Å²) in [4.78, 5) is 19.0. The van der Waals surface area contributed by atoms with Crippen molar-refractivity contribution in [2.24, 2.45) is 10.9 Å². The molecule has 1 aliphatic heterocycles. The lowest BCUT2D eigenvalue weighted by Gasteiger charge is -2.23. The molecule has 3 fully saturated rings. The van der Waals surface area contributed by atoms with Crippen molar-refractivity contribution in [1.82, 2.24) is 15.5 Å². The summed E-state index contributed by atoms with van der Waals surface area (Å²) in [5.74, 6) is 1.19. The molecule has 1 unspecified atom stereocenters. The van der Waals surface area contributed by atoms with Gasteiger partial charge in [0.2, 0.25) is 5.91 Å². The highest BCUT2D eigenvalue weighted by Crippen LogP contribution is 2.47. The molecule has 0 aromatic heterocycles. The van der Waals surface area contributed by atoms with E-state index in [9.17, 15) is 9.18 Å². The van der Waals surface area contributed by atoms with E-state index in [2.05, 4.69) is 15.6 Å². The monoisotopic (exact) mass is 514 g/mol. The minimum atomic E-state index is -0.192. The van der Waals surface area contributed by atoms with Crippen LogP contribution in [-0.2, 0) is 10.2 Å². The van der Waals surface area contributed by atoms with E-state index in [0.717, 1.165) is 57.7 Å². The van der Waals surface area contributed by atoms with Crippen LogP contribution in [-0.4, -0.2) is 49.5 Å². The molecule has 29 heavy (non-hydrogen) atoms. The number of hydrogen-bond donors (Lipinski definition) is 2. The zero-order chi connectivity index (χ0) is 19.6. The molecule has 160 valence electrons. The molecule has 1 heterocycles. The van der Waals surface area contributed by atoms with Gasteiger partial charge >= 0.3 is 0 Å². The largest absolute Gasteiger partial charge is 0.356 e. The molecule has 3 aliphatic rings. The number of nitrogens with zero attached hydrogens (tertiary/aromatic N) is 2. The van der Waals surface area contributed by atoms with Crippen LogP contribution >= 0.6 is 24.0 Å². The number of carbonyl (C=O) groups excluding carboxylic acids is 1. The number of benzene rings is 1. The molecule has 7 heteroatoms.